The number of rotatable bonds is 11. The third-order valence-electron chi connectivity index (χ3n) is 3.01. The number of hydrogen-bond donors (Lipinski definition) is 3. The zero-order valence-corrected chi connectivity index (χ0v) is 12.7. The van der Waals surface area contributed by atoms with Crippen LogP contribution in [0.4, 0.5) is 0 Å². The van der Waals surface area contributed by atoms with Crippen molar-refractivity contribution in [2.45, 2.75) is 12.5 Å². The maximum Gasteiger partial charge on any atom is 0.124 e. The molecule has 0 aliphatic rings. The molecule has 0 aromatic heterocycles. The summed E-state index contributed by atoms with van der Waals surface area (Å²) in [5.41, 5.74) is 0.695. The van der Waals surface area contributed by atoms with Crippen LogP contribution in [0.5, 0.6) is 11.5 Å². The zero-order valence-electron chi connectivity index (χ0n) is 12.7. The Morgan fingerprint density at radius 2 is 2.00 bits per heavy atom. The Labute approximate surface area is 125 Å². The first-order chi connectivity index (χ1) is 10.2. The summed E-state index contributed by atoms with van der Waals surface area (Å²) in [5, 5.41) is 22.0. The molecule has 0 spiro atoms. The number of aliphatic hydroxyl groups excluding tert-OH is 2. The van der Waals surface area contributed by atoms with E-state index in [4.69, 9.17) is 19.3 Å². The fourth-order valence-electron chi connectivity index (χ4n) is 1.91. The van der Waals surface area contributed by atoms with Crippen molar-refractivity contribution in [1.82, 2.24) is 5.32 Å². The quantitative estimate of drug-likeness (QED) is 0.523. The molecule has 1 rings (SSSR count). The normalized spacial score (nSPS) is 12.2. The van der Waals surface area contributed by atoms with Crippen molar-refractivity contribution in [3.8, 4) is 11.5 Å². The smallest absolute Gasteiger partial charge is 0.124 e. The van der Waals surface area contributed by atoms with E-state index >= 15 is 0 Å². The molecule has 1 aromatic rings. The van der Waals surface area contributed by atoms with Crippen molar-refractivity contribution in [3.63, 3.8) is 0 Å². The topological polar surface area (TPSA) is 80.2 Å². The largest absolute Gasteiger partial charge is 0.497 e. The molecule has 120 valence electrons. The van der Waals surface area contributed by atoms with E-state index < -0.39 is 6.10 Å². The summed E-state index contributed by atoms with van der Waals surface area (Å²) >= 11 is 0. The average molecular weight is 299 g/mol. The highest BCUT2D eigenvalue weighted by Gasteiger charge is 2.14. The van der Waals surface area contributed by atoms with Gasteiger partial charge in [-0.2, -0.15) is 0 Å². The lowest BCUT2D eigenvalue weighted by Crippen LogP contribution is -2.23. The van der Waals surface area contributed by atoms with E-state index in [2.05, 4.69) is 5.32 Å². The van der Waals surface area contributed by atoms with Gasteiger partial charge in [-0.1, -0.05) is 0 Å². The Morgan fingerprint density at radius 3 is 2.67 bits per heavy atom. The van der Waals surface area contributed by atoms with Crippen LogP contribution in [0.3, 0.4) is 0 Å². The van der Waals surface area contributed by atoms with Crippen LogP contribution < -0.4 is 14.8 Å². The molecule has 6 heteroatoms. The Bertz CT molecular complexity index is 400. The maximum absolute atomic E-state index is 10.2. The third kappa shape index (κ3) is 6.31. The van der Waals surface area contributed by atoms with Crippen LogP contribution in [0.25, 0.3) is 0 Å². The maximum atomic E-state index is 10.2. The van der Waals surface area contributed by atoms with Crippen molar-refractivity contribution in [3.05, 3.63) is 23.8 Å². The van der Waals surface area contributed by atoms with Crippen LogP contribution in [-0.2, 0) is 4.74 Å². The van der Waals surface area contributed by atoms with Crippen LogP contribution in [0, 0.1) is 0 Å². The highest BCUT2D eigenvalue weighted by atomic mass is 16.5. The molecule has 21 heavy (non-hydrogen) atoms. The van der Waals surface area contributed by atoms with Crippen molar-refractivity contribution in [2.75, 3.05) is 47.1 Å². The number of methoxy groups -OCH3 is 2. The first-order valence-electron chi connectivity index (χ1n) is 7.02. The van der Waals surface area contributed by atoms with E-state index in [1.165, 1.54) is 0 Å². The minimum atomic E-state index is -0.673. The first kappa shape index (κ1) is 17.7. The highest BCUT2D eigenvalue weighted by molar-refractivity contribution is 5.41. The second-order valence-corrected chi connectivity index (χ2v) is 4.52. The molecule has 0 saturated carbocycles. The molecule has 0 saturated heterocycles. The van der Waals surface area contributed by atoms with Gasteiger partial charge in [0.1, 0.15) is 11.5 Å². The molecule has 3 N–H and O–H groups in total. The molecule has 0 heterocycles. The van der Waals surface area contributed by atoms with Crippen molar-refractivity contribution >= 4 is 0 Å². The Balaban J connectivity index is 2.38. The fourth-order valence-corrected chi connectivity index (χ4v) is 1.91. The van der Waals surface area contributed by atoms with E-state index in [0.717, 1.165) is 13.0 Å². The predicted octanol–water partition coefficient (Wildman–Crippen LogP) is 0.726. The summed E-state index contributed by atoms with van der Waals surface area (Å²) in [6, 6.07) is 5.34. The van der Waals surface area contributed by atoms with Gasteiger partial charge in [0.2, 0.25) is 0 Å². The summed E-state index contributed by atoms with van der Waals surface area (Å²) < 4.78 is 15.6. The summed E-state index contributed by atoms with van der Waals surface area (Å²) in [7, 11) is 3.16. The summed E-state index contributed by atoms with van der Waals surface area (Å²) in [6.45, 7) is 2.15. The van der Waals surface area contributed by atoms with Gasteiger partial charge in [-0.25, -0.2) is 0 Å². The van der Waals surface area contributed by atoms with Crippen LogP contribution >= 0.6 is 0 Å². The van der Waals surface area contributed by atoms with E-state index in [1.54, 1.807) is 32.4 Å². The van der Waals surface area contributed by atoms with Crippen LogP contribution in [0.1, 0.15) is 18.1 Å². The van der Waals surface area contributed by atoms with Gasteiger partial charge in [0.15, 0.2) is 0 Å². The number of ether oxygens (including phenoxy) is 3. The van der Waals surface area contributed by atoms with Gasteiger partial charge in [-0.3, -0.25) is 0 Å². The van der Waals surface area contributed by atoms with E-state index in [0.29, 0.717) is 36.8 Å². The second kappa shape index (κ2) is 10.4. The Kier molecular flexibility index (Phi) is 8.77. The van der Waals surface area contributed by atoms with Gasteiger partial charge in [-0.05, 0) is 31.2 Å². The number of nitrogens with one attached hydrogen (secondary N) is 1. The van der Waals surface area contributed by atoms with Crippen molar-refractivity contribution in [1.29, 1.82) is 0 Å². The van der Waals surface area contributed by atoms with E-state index in [1.807, 2.05) is 0 Å². The molecule has 1 atom stereocenters. The second-order valence-electron chi connectivity index (χ2n) is 4.52. The average Bonchev–Trinajstić information content (AvgIpc) is 2.53. The zero-order chi connectivity index (χ0) is 15.5. The lowest BCUT2D eigenvalue weighted by atomic mass is 10.1. The van der Waals surface area contributed by atoms with E-state index in [-0.39, 0.29) is 6.61 Å². The summed E-state index contributed by atoms with van der Waals surface area (Å²) in [6.07, 6.45) is 0.149. The molecule has 0 radical (unpaired) electrons. The standard InChI is InChI=1S/C15H25NO5/c1-19-12-4-5-15(20-2)13(10-12)14(18)11-16-6-3-8-21-9-7-17/h4-5,10,14,16-18H,3,6-9,11H2,1-2H3. The van der Waals surface area contributed by atoms with Gasteiger partial charge in [0.25, 0.3) is 0 Å². The number of aliphatic hydroxyl groups is 2. The molecule has 0 bridgehead atoms. The minimum Gasteiger partial charge on any atom is -0.497 e. The monoisotopic (exact) mass is 299 g/mol. The molecule has 0 aliphatic heterocycles. The van der Waals surface area contributed by atoms with Gasteiger partial charge >= 0.3 is 0 Å². The SMILES string of the molecule is COc1ccc(OC)c(C(O)CNCCCOCCO)c1. The van der Waals surface area contributed by atoms with Gasteiger partial charge in [0.05, 0.1) is 33.5 Å². The molecule has 1 aromatic carbocycles. The molecule has 0 fully saturated rings. The molecule has 0 aliphatic carbocycles. The predicted molar refractivity (Wildman–Crippen MR) is 79.9 cm³/mol. The third-order valence-corrected chi connectivity index (χ3v) is 3.01. The first-order valence-corrected chi connectivity index (χ1v) is 7.02. The molecular weight excluding hydrogens is 274 g/mol. The molecular formula is C15H25NO5. The van der Waals surface area contributed by atoms with Crippen LogP contribution in [-0.4, -0.2) is 57.3 Å². The Morgan fingerprint density at radius 1 is 1.19 bits per heavy atom. The van der Waals surface area contributed by atoms with E-state index in [9.17, 15) is 5.11 Å². The van der Waals surface area contributed by atoms with Gasteiger partial charge < -0.3 is 29.7 Å². The van der Waals surface area contributed by atoms with Crippen LogP contribution in [0.2, 0.25) is 0 Å². The fraction of sp³-hybridized carbons (Fsp3) is 0.600. The summed E-state index contributed by atoms with van der Waals surface area (Å²) in [4.78, 5) is 0. The van der Waals surface area contributed by atoms with Crippen molar-refractivity contribution in [2.24, 2.45) is 0 Å². The molecule has 0 amide bonds. The lowest BCUT2D eigenvalue weighted by Gasteiger charge is -2.16. The minimum absolute atomic E-state index is 0.0434. The summed E-state index contributed by atoms with van der Waals surface area (Å²) in [5.74, 6) is 1.32. The van der Waals surface area contributed by atoms with Crippen LogP contribution in [0.15, 0.2) is 18.2 Å². The van der Waals surface area contributed by atoms with Gasteiger partial charge in [0, 0.05) is 18.7 Å². The molecule has 1 unspecified atom stereocenters. The lowest BCUT2D eigenvalue weighted by molar-refractivity contribution is 0.0899. The highest BCUT2D eigenvalue weighted by Crippen LogP contribution is 2.28. The number of benzene rings is 1. The molecule has 6 nitrogen and oxygen atoms in total. The van der Waals surface area contributed by atoms with Gasteiger partial charge in [-0.15, -0.1) is 0 Å². The Hall–Kier alpha value is -1.34. The van der Waals surface area contributed by atoms with Crippen molar-refractivity contribution < 1.29 is 24.4 Å². The number of hydrogen-bond acceptors (Lipinski definition) is 6.